The Morgan fingerprint density at radius 3 is 2.64 bits per heavy atom. The lowest BCUT2D eigenvalue weighted by molar-refractivity contribution is -0.140. The fourth-order valence-corrected chi connectivity index (χ4v) is 2.70. The van der Waals surface area contributed by atoms with Crippen LogP contribution in [0.4, 0.5) is 0 Å². The summed E-state index contributed by atoms with van der Waals surface area (Å²) in [6, 6.07) is 8.56. The van der Waals surface area contributed by atoms with E-state index in [4.69, 9.17) is 26.8 Å². The van der Waals surface area contributed by atoms with Gasteiger partial charge in [0.2, 0.25) is 5.88 Å². The first-order valence-corrected chi connectivity index (χ1v) is 7.51. The van der Waals surface area contributed by atoms with E-state index in [1.807, 2.05) is 6.07 Å². The lowest BCUT2D eigenvalue weighted by atomic mass is 9.82. The number of methoxy groups -OCH3 is 2. The third kappa shape index (κ3) is 3.75. The maximum Gasteiger partial charge on any atom is 0.338 e. The van der Waals surface area contributed by atoms with Crippen molar-refractivity contribution in [2.75, 3.05) is 14.2 Å². The van der Waals surface area contributed by atoms with Gasteiger partial charge in [0.05, 0.1) is 25.7 Å². The number of carbonyl (C=O) groups is 2. The number of nitrogens with two attached hydrogens (primary N) is 1. The fourth-order valence-electron chi connectivity index (χ4n) is 2.51. The number of nitrogens with zero attached hydrogens (tertiary/aromatic N) is 1. The van der Waals surface area contributed by atoms with Crippen molar-refractivity contribution < 1.29 is 23.8 Å². The van der Waals surface area contributed by atoms with Crippen LogP contribution in [0.3, 0.4) is 0 Å². The Hall–Kier alpha value is -2.98. The van der Waals surface area contributed by atoms with E-state index in [0.29, 0.717) is 10.6 Å². The summed E-state index contributed by atoms with van der Waals surface area (Å²) < 4.78 is 14.8. The molecule has 0 saturated carbocycles. The minimum atomic E-state index is -0.871. The molecule has 0 bridgehead atoms. The van der Waals surface area contributed by atoms with Crippen molar-refractivity contribution in [1.29, 1.82) is 5.26 Å². The molecular weight excluding hydrogens is 348 g/mol. The standard InChI is InChI=1S/C17H15ClN2O5/c1-23-13(21)7-12-15(17(22)24-2)14(11(8-19)16(20)25-12)9-4-3-5-10(18)6-9/h3-6,14H,7,20H2,1-2H3/t14-/m1/s1. The van der Waals surface area contributed by atoms with Crippen LogP contribution >= 0.6 is 11.6 Å². The monoisotopic (exact) mass is 362 g/mol. The van der Waals surface area contributed by atoms with Crippen molar-refractivity contribution >= 4 is 23.5 Å². The summed E-state index contributed by atoms with van der Waals surface area (Å²) in [5.41, 5.74) is 6.40. The van der Waals surface area contributed by atoms with Gasteiger partial charge in [-0.2, -0.15) is 5.26 Å². The highest BCUT2D eigenvalue weighted by molar-refractivity contribution is 6.30. The molecule has 0 amide bonds. The van der Waals surface area contributed by atoms with Gasteiger partial charge < -0.3 is 19.9 Å². The number of rotatable bonds is 4. The Morgan fingerprint density at radius 1 is 1.36 bits per heavy atom. The van der Waals surface area contributed by atoms with Crippen molar-refractivity contribution in [1.82, 2.24) is 0 Å². The van der Waals surface area contributed by atoms with Crippen LogP contribution in [0.1, 0.15) is 17.9 Å². The number of benzene rings is 1. The first-order chi connectivity index (χ1) is 11.9. The first kappa shape index (κ1) is 18.4. The molecule has 0 saturated heterocycles. The third-order valence-electron chi connectivity index (χ3n) is 3.62. The normalized spacial score (nSPS) is 16.8. The van der Waals surface area contributed by atoms with Crippen LogP contribution < -0.4 is 5.73 Å². The average molecular weight is 363 g/mol. The fraction of sp³-hybridized carbons (Fsp3) is 0.235. The highest BCUT2D eigenvalue weighted by Crippen LogP contribution is 2.41. The smallest absolute Gasteiger partial charge is 0.338 e. The van der Waals surface area contributed by atoms with Crippen LogP contribution in [0.25, 0.3) is 0 Å². The van der Waals surface area contributed by atoms with Gasteiger partial charge in [-0.3, -0.25) is 4.79 Å². The van der Waals surface area contributed by atoms with Gasteiger partial charge in [-0.25, -0.2) is 4.79 Å². The SMILES string of the molecule is COC(=O)CC1=C(C(=O)OC)[C@H](c2cccc(Cl)c2)C(C#N)=C(N)O1. The number of halogens is 1. The molecular formula is C17H15ClN2O5. The van der Waals surface area contributed by atoms with Gasteiger partial charge >= 0.3 is 11.9 Å². The molecule has 0 radical (unpaired) electrons. The van der Waals surface area contributed by atoms with E-state index < -0.39 is 17.9 Å². The molecule has 2 rings (SSSR count). The predicted molar refractivity (Wildman–Crippen MR) is 87.8 cm³/mol. The number of esters is 2. The second-order valence-corrected chi connectivity index (χ2v) is 5.50. The average Bonchev–Trinajstić information content (AvgIpc) is 2.60. The lowest BCUT2D eigenvalue weighted by Gasteiger charge is -2.27. The van der Waals surface area contributed by atoms with E-state index in [0.717, 1.165) is 0 Å². The van der Waals surface area contributed by atoms with E-state index >= 15 is 0 Å². The Balaban J connectivity index is 2.69. The molecule has 2 N–H and O–H groups in total. The second kappa shape index (κ2) is 7.73. The number of hydrogen-bond donors (Lipinski definition) is 1. The van der Waals surface area contributed by atoms with E-state index in [1.165, 1.54) is 14.2 Å². The van der Waals surface area contributed by atoms with Crippen molar-refractivity contribution in [3.8, 4) is 6.07 Å². The second-order valence-electron chi connectivity index (χ2n) is 5.06. The summed E-state index contributed by atoms with van der Waals surface area (Å²) in [4.78, 5) is 24.0. The number of carbonyl (C=O) groups excluding carboxylic acids is 2. The summed E-state index contributed by atoms with van der Waals surface area (Å²) in [6.45, 7) is 0. The molecule has 0 unspecified atom stereocenters. The van der Waals surface area contributed by atoms with Crippen LogP contribution in [0.2, 0.25) is 5.02 Å². The van der Waals surface area contributed by atoms with Gasteiger partial charge in [0.1, 0.15) is 23.8 Å². The summed E-state index contributed by atoms with van der Waals surface area (Å²) >= 11 is 6.03. The highest BCUT2D eigenvalue weighted by atomic mass is 35.5. The maximum absolute atomic E-state index is 12.4. The summed E-state index contributed by atoms with van der Waals surface area (Å²) in [5.74, 6) is -2.47. The van der Waals surface area contributed by atoms with Crippen LogP contribution in [0, 0.1) is 11.3 Å². The topological polar surface area (TPSA) is 112 Å². The molecule has 1 aromatic rings. The van der Waals surface area contributed by atoms with Gasteiger partial charge in [-0.05, 0) is 17.7 Å². The number of nitriles is 1. The van der Waals surface area contributed by atoms with E-state index in [1.54, 1.807) is 24.3 Å². The third-order valence-corrected chi connectivity index (χ3v) is 3.85. The highest BCUT2D eigenvalue weighted by Gasteiger charge is 2.38. The van der Waals surface area contributed by atoms with E-state index in [9.17, 15) is 14.9 Å². The van der Waals surface area contributed by atoms with Crippen molar-refractivity contribution in [3.05, 3.63) is 57.6 Å². The zero-order chi connectivity index (χ0) is 18.6. The van der Waals surface area contributed by atoms with Gasteiger partial charge in [0.15, 0.2) is 0 Å². The molecule has 0 fully saturated rings. The van der Waals surface area contributed by atoms with Gasteiger partial charge in [-0.15, -0.1) is 0 Å². The molecule has 8 heteroatoms. The largest absolute Gasteiger partial charge is 0.469 e. The van der Waals surface area contributed by atoms with Crippen LogP contribution in [-0.4, -0.2) is 26.2 Å². The summed E-state index contributed by atoms with van der Waals surface area (Å²) in [6.07, 6.45) is -0.336. The molecule has 7 nitrogen and oxygen atoms in total. The molecule has 0 spiro atoms. The Kier molecular flexibility index (Phi) is 5.67. The molecule has 25 heavy (non-hydrogen) atoms. The summed E-state index contributed by atoms with van der Waals surface area (Å²) in [5, 5.41) is 9.90. The van der Waals surface area contributed by atoms with Crippen LogP contribution in [-0.2, 0) is 23.8 Å². The minimum Gasteiger partial charge on any atom is -0.469 e. The Morgan fingerprint density at radius 2 is 2.08 bits per heavy atom. The predicted octanol–water partition coefficient (Wildman–Crippen LogP) is 2.14. The first-order valence-electron chi connectivity index (χ1n) is 7.14. The Labute approximate surface area is 149 Å². The molecule has 130 valence electrons. The zero-order valence-electron chi connectivity index (χ0n) is 13.5. The number of ether oxygens (including phenoxy) is 3. The quantitative estimate of drug-likeness (QED) is 0.816. The van der Waals surface area contributed by atoms with E-state index in [-0.39, 0.29) is 29.2 Å². The van der Waals surface area contributed by atoms with Gasteiger partial charge in [0, 0.05) is 5.02 Å². The molecule has 1 aliphatic heterocycles. The number of hydrogen-bond acceptors (Lipinski definition) is 7. The minimum absolute atomic E-state index is 0.000849. The van der Waals surface area contributed by atoms with E-state index in [2.05, 4.69) is 4.74 Å². The zero-order valence-corrected chi connectivity index (χ0v) is 14.3. The van der Waals surface area contributed by atoms with Crippen molar-refractivity contribution in [2.45, 2.75) is 12.3 Å². The maximum atomic E-state index is 12.4. The van der Waals surface area contributed by atoms with Crippen molar-refractivity contribution in [3.63, 3.8) is 0 Å². The van der Waals surface area contributed by atoms with Crippen LogP contribution in [0.5, 0.6) is 0 Å². The number of allylic oxidation sites excluding steroid dienone is 1. The lowest BCUT2D eigenvalue weighted by Crippen LogP contribution is -2.26. The van der Waals surface area contributed by atoms with Crippen LogP contribution in [0.15, 0.2) is 47.1 Å². The molecule has 1 aromatic carbocycles. The molecule has 0 aromatic heterocycles. The molecule has 1 heterocycles. The van der Waals surface area contributed by atoms with Gasteiger partial charge in [0.25, 0.3) is 0 Å². The molecule has 0 aliphatic carbocycles. The molecule has 1 atom stereocenters. The summed E-state index contributed by atoms with van der Waals surface area (Å²) in [7, 11) is 2.39. The Bertz CT molecular complexity index is 823. The van der Waals surface area contributed by atoms with Crippen molar-refractivity contribution in [2.24, 2.45) is 5.73 Å². The molecule has 1 aliphatic rings. The van der Waals surface area contributed by atoms with Gasteiger partial charge in [-0.1, -0.05) is 23.7 Å².